The highest BCUT2D eigenvalue weighted by molar-refractivity contribution is 7.99. The zero-order chi connectivity index (χ0) is 9.03. The first kappa shape index (κ1) is 10.3. The Kier molecular flexibility index (Phi) is 3.77. The number of halogens is 2. The molecule has 1 aliphatic heterocycles. The molecule has 0 atom stereocenters. The maximum atomic E-state index is 13.2. The van der Waals surface area contributed by atoms with Crippen molar-refractivity contribution in [2.45, 2.75) is 18.8 Å². The molecule has 0 aliphatic carbocycles. The average Bonchev–Trinajstić information content (AvgIpc) is 2.06. The van der Waals surface area contributed by atoms with Gasteiger partial charge in [-0.2, -0.15) is 11.8 Å². The summed E-state index contributed by atoms with van der Waals surface area (Å²) < 4.78 is 26.5. The van der Waals surface area contributed by atoms with Crippen LogP contribution >= 0.6 is 11.8 Å². The van der Waals surface area contributed by atoms with Crippen LogP contribution in [0.25, 0.3) is 0 Å². The van der Waals surface area contributed by atoms with Crippen molar-refractivity contribution >= 4 is 11.8 Å². The molecule has 4 heteroatoms. The summed E-state index contributed by atoms with van der Waals surface area (Å²) in [5.74, 6) is -1.12. The van der Waals surface area contributed by atoms with Gasteiger partial charge in [0, 0.05) is 5.92 Å². The van der Waals surface area contributed by atoms with Gasteiger partial charge in [-0.25, -0.2) is 8.78 Å². The highest BCUT2D eigenvalue weighted by atomic mass is 32.2. The predicted molar refractivity (Wildman–Crippen MR) is 48.9 cm³/mol. The van der Waals surface area contributed by atoms with Crippen LogP contribution in [-0.4, -0.2) is 31.0 Å². The Morgan fingerprint density at radius 1 is 1.42 bits per heavy atom. The van der Waals surface area contributed by atoms with Crippen LogP contribution in [0.3, 0.4) is 0 Å². The van der Waals surface area contributed by atoms with E-state index in [9.17, 15) is 8.78 Å². The Morgan fingerprint density at radius 3 is 2.50 bits per heavy atom. The topological polar surface area (TPSA) is 12.0 Å². The second-order valence-corrected chi connectivity index (χ2v) is 4.40. The number of thioether (sulfide) groups is 1. The molecule has 0 radical (unpaired) electrons. The quantitative estimate of drug-likeness (QED) is 0.739. The van der Waals surface area contributed by atoms with E-state index in [4.69, 9.17) is 0 Å². The van der Waals surface area contributed by atoms with Gasteiger partial charge in [-0.15, -0.1) is 0 Å². The molecular weight excluding hydrogens is 180 g/mol. The van der Waals surface area contributed by atoms with Crippen LogP contribution in [0.5, 0.6) is 0 Å². The summed E-state index contributed by atoms with van der Waals surface area (Å²) in [6.07, 6.45) is 1.33. The van der Waals surface area contributed by atoms with Crippen molar-refractivity contribution in [3.8, 4) is 0 Å². The van der Waals surface area contributed by atoms with Crippen molar-refractivity contribution in [3.05, 3.63) is 0 Å². The molecule has 72 valence electrons. The van der Waals surface area contributed by atoms with Crippen molar-refractivity contribution in [1.82, 2.24) is 5.32 Å². The van der Waals surface area contributed by atoms with Crippen LogP contribution in [0.15, 0.2) is 0 Å². The van der Waals surface area contributed by atoms with E-state index in [1.165, 1.54) is 0 Å². The van der Waals surface area contributed by atoms with Gasteiger partial charge in [0.05, 0.1) is 6.54 Å². The fourth-order valence-electron chi connectivity index (χ4n) is 1.50. The molecule has 0 amide bonds. The first-order valence-electron chi connectivity index (χ1n) is 4.27. The second-order valence-electron chi connectivity index (χ2n) is 3.18. The summed E-state index contributed by atoms with van der Waals surface area (Å²) in [7, 11) is 1.57. The van der Waals surface area contributed by atoms with E-state index in [1.54, 1.807) is 18.8 Å². The Hall–Kier alpha value is 0.170. The molecule has 0 aromatic rings. The smallest absolute Gasteiger partial charge is 0.263 e. The summed E-state index contributed by atoms with van der Waals surface area (Å²) >= 11 is 1.78. The molecular formula is C8H15F2NS. The average molecular weight is 195 g/mol. The van der Waals surface area contributed by atoms with Gasteiger partial charge in [-0.05, 0) is 31.4 Å². The summed E-state index contributed by atoms with van der Waals surface area (Å²) in [5, 5.41) is 2.55. The lowest BCUT2D eigenvalue weighted by Crippen LogP contribution is -2.39. The molecule has 1 fully saturated rings. The Balaban J connectivity index is 2.41. The Bertz CT molecular complexity index is 135. The van der Waals surface area contributed by atoms with Crippen LogP contribution < -0.4 is 5.32 Å². The first-order valence-corrected chi connectivity index (χ1v) is 5.42. The fourth-order valence-corrected chi connectivity index (χ4v) is 2.61. The van der Waals surface area contributed by atoms with Crippen LogP contribution in [0.4, 0.5) is 8.78 Å². The van der Waals surface area contributed by atoms with Crippen LogP contribution in [0, 0.1) is 5.92 Å². The van der Waals surface area contributed by atoms with Gasteiger partial charge >= 0.3 is 0 Å². The van der Waals surface area contributed by atoms with Gasteiger partial charge in [0.2, 0.25) is 0 Å². The molecule has 1 N–H and O–H groups in total. The maximum Gasteiger partial charge on any atom is 0.263 e. The molecule has 0 aromatic heterocycles. The minimum Gasteiger partial charge on any atom is -0.314 e. The van der Waals surface area contributed by atoms with E-state index in [1.807, 2.05) is 0 Å². The van der Waals surface area contributed by atoms with Gasteiger partial charge in [0.15, 0.2) is 0 Å². The summed E-state index contributed by atoms with van der Waals surface area (Å²) in [4.78, 5) is 0. The van der Waals surface area contributed by atoms with Crippen molar-refractivity contribution in [1.29, 1.82) is 0 Å². The van der Waals surface area contributed by atoms with Gasteiger partial charge in [0.25, 0.3) is 5.92 Å². The van der Waals surface area contributed by atoms with Crippen molar-refractivity contribution < 1.29 is 8.78 Å². The van der Waals surface area contributed by atoms with Gasteiger partial charge in [-0.3, -0.25) is 0 Å². The van der Waals surface area contributed by atoms with Gasteiger partial charge in [0.1, 0.15) is 0 Å². The lowest BCUT2D eigenvalue weighted by Gasteiger charge is -2.29. The van der Waals surface area contributed by atoms with E-state index in [0.717, 1.165) is 11.5 Å². The molecule has 0 bridgehead atoms. The molecule has 1 heterocycles. The number of alkyl halides is 2. The van der Waals surface area contributed by atoms with E-state index in [0.29, 0.717) is 12.8 Å². The Morgan fingerprint density at radius 2 is 2.00 bits per heavy atom. The monoisotopic (exact) mass is 195 g/mol. The van der Waals surface area contributed by atoms with Crippen LogP contribution in [0.1, 0.15) is 12.8 Å². The molecule has 1 rings (SSSR count). The lowest BCUT2D eigenvalue weighted by molar-refractivity contribution is -0.0573. The molecule has 1 aliphatic rings. The third-order valence-corrected chi connectivity index (χ3v) is 3.28. The van der Waals surface area contributed by atoms with Crippen molar-refractivity contribution in [2.75, 3.05) is 25.1 Å². The summed E-state index contributed by atoms with van der Waals surface area (Å²) in [5.41, 5.74) is 0. The van der Waals surface area contributed by atoms with Crippen LogP contribution in [-0.2, 0) is 0 Å². The van der Waals surface area contributed by atoms with Gasteiger partial charge in [-0.1, -0.05) is 0 Å². The SMILES string of the molecule is CNCC(F)(F)C1CCSCC1. The largest absolute Gasteiger partial charge is 0.314 e. The highest BCUT2D eigenvalue weighted by Gasteiger charge is 2.38. The number of hydrogen-bond acceptors (Lipinski definition) is 2. The van der Waals surface area contributed by atoms with Crippen LogP contribution in [0.2, 0.25) is 0 Å². The molecule has 1 saturated heterocycles. The Labute approximate surface area is 76.3 Å². The first-order chi connectivity index (χ1) is 5.67. The standard InChI is InChI=1S/C8H15F2NS/c1-11-6-8(9,10)7-2-4-12-5-3-7/h7,11H,2-6H2,1H3. The lowest BCUT2D eigenvalue weighted by atomic mass is 9.95. The maximum absolute atomic E-state index is 13.2. The molecule has 12 heavy (non-hydrogen) atoms. The fraction of sp³-hybridized carbons (Fsp3) is 1.00. The van der Waals surface area contributed by atoms with E-state index in [2.05, 4.69) is 5.32 Å². The third kappa shape index (κ3) is 2.59. The normalized spacial score (nSPS) is 21.2. The number of hydrogen-bond donors (Lipinski definition) is 1. The summed E-state index contributed by atoms with van der Waals surface area (Å²) in [6.45, 7) is -0.178. The minimum absolute atomic E-state index is 0.178. The van der Waals surface area contributed by atoms with E-state index < -0.39 is 11.8 Å². The zero-order valence-electron chi connectivity index (χ0n) is 7.28. The van der Waals surface area contributed by atoms with Gasteiger partial charge < -0.3 is 5.32 Å². The third-order valence-electron chi connectivity index (χ3n) is 2.23. The number of nitrogens with one attached hydrogen (secondary N) is 1. The van der Waals surface area contributed by atoms with E-state index >= 15 is 0 Å². The molecule has 0 unspecified atom stereocenters. The predicted octanol–water partition coefficient (Wildman–Crippen LogP) is 1.98. The molecule has 0 saturated carbocycles. The molecule has 1 nitrogen and oxygen atoms in total. The second kappa shape index (κ2) is 4.42. The van der Waals surface area contributed by atoms with E-state index in [-0.39, 0.29) is 6.54 Å². The highest BCUT2D eigenvalue weighted by Crippen LogP contribution is 2.34. The molecule has 0 aromatic carbocycles. The van der Waals surface area contributed by atoms with Crippen molar-refractivity contribution in [2.24, 2.45) is 5.92 Å². The zero-order valence-corrected chi connectivity index (χ0v) is 8.09. The minimum atomic E-state index is -2.50. The summed E-state index contributed by atoms with van der Waals surface area (Å²) in [6, 6.07) is 0. The molecule has 0 spiro atoms. The van der Waals surface area contributed by atoms with Crippen molar-refractivity contribution in [3.63, 3.8) is 0 Å². The number of rotatable bonds is 3.